The van der Waals surface area contributed by atoms with E-state index in [9.17, 15) is 9.59 Å². The fourth-order valence-electron chi connectivity index (χ4n) is 7.04. The van der Waals surface area contributed by atoms with Gasteiger partial charge < -0.3 is 14.2 Å². The van der Waals surface area contributed by atoms with Gasteiger partial charge >= 0.3 is 0 Å². The standard InChI is InChI=1S/C28H36N2O3/c1-20(2)30(27(32)28-14-22-11-23(15-28)13-24(12-22)16-28)19-26(31)29(18-25-9-6-10-33-25)17-21-7-4-3-5-8-21/h3-10,20,22-24H,11-19H2,1-2H3. The van der Waals surface area contributed by atoms with Crippen LogP contribution in [-0.4, -0.2) is 34.2 Å². The summed E-state index contributed by atoms with van der Waals surface area (Å²) in [6.07, 6.45) is 8.63. The Morgan fingerprint density at radius 2 is 1.58 bits per heavy atom. The number of nitrogens with zero attached hydrogens (tertiary/aromatic N) is 2. The molecule has 4 bridgehead atoms. The van der Waals surface area contributed by atoms with E-state index in [4.69, 9.17) is 4.42 Å². The van der Waals surface area contributed by atoms with E-state index < -0.39 is 0 Å². The second kappa shape index (κ2) is 9.00. The van der Waals surface area contributed by atoms with Gasteiger partial charge in [-0.1, -0.05) is 30.3 Å². The predicted molar refractivity (Wildman–Crippen MR) is 127 cm³/mol. The molecule has 0 saturated heterocycles. The molecule has 2 amide bonds. The number of carbonyl (C=O) groups excluding carboxylic acids is 2. The Bertz CT molecular complexity index is 931. The first-order valence-electron chi connectivity index (χ1n) is 12.6. The smallest absolute Gasteiger partial charge is 0.242 e. The minimum atomic E-state index is -0.232. The maximum Gasteiger partial charge on any atom is 0.242 e. The van der Waals surface area contributed by atoms with Crippen molar-refractivity contribution in [2.45, 2.75) is 71.5 Å². The highest BCUT2D eigenvalue weighted by atomic mass is 16.3. The van der Waals surface area contributed by atoms with Crippen molar-refractivity contribution >= 4 is 11.8 Å². The van der Waals surface area contributed by atoms with Gasteiger partial charge in [0, 0.05) is 12.6 Å². The summed E-state index contributed by atoms with van der Waals surface area (Å²) in [6, 6.07) is 13.8. The van der Waals surface area contributed by atoms with Crippen LogP contribution in [0, 0.1) is 23.2 Å². The summed E-state index contributed by atoms with van der Waals surface area (Å²) in [6.45, 7) is 5.11. The van der Waals surface area contributed by atoms with Crippen LogP contribution in [0.4, 0.5) is 0 Å². The van der Waals surface area contributed by atoms with Crippen molar-refractivity contribution in [2.75, 3.05) is 6.54 Å². The third-order valence-electron chi connectivity index (χ3n) is 8.18. The second-order valence-corrected chi connectivity index (χ2v) is 11.0. The monoisotopic (exact) mass is 448 g/mol. The van der Waals surface area contributed by atoms with Gasteiger partial charge in [-0.25, -0.2) is 0 Å². The summed E-state index contributed by atoms with van der Waals surface area (Å²) in [7, 11) is 0. The van der Waals surface area contributed by atoms with Crippen molar-refractivity contribution in [3.63, 3.8) is 0 Å². The Hall–Kier alpha value is -2.56. The Morgan fingerprint density at radius 1 is 0.939 bits per heavy atom. The van der Waals surface area contributed by atoms with Crippen LogP contribution in [0.15, 0.2) is 53.1 Å². The number of rotatable bonds is 8. The average Bonchev–Trinajstić information content (AvgIpc) is 3.29. The highest BCUT2D eigenvalue weighted by Crippen LogP contribution is 2.60. The highest BCUT2D eigenvalue weighted by molar-refractivity contribution is 5.88. The van der Waals surface area contributed by atoms with Crippen LogP contribution in [0.3, 0.4) is 0 Å². The number of carbonyl (C=O) groups is 2. The molecule has 176 valence electrons. The molecule has 33 heavy (non-hydrogen) atoms. The summed E-state index contributed by atoms with van der Waals surface area (Å²) < 4.78 is 5.54. The quantitative estimate of drug-likeness (QED) is 0.553. The van der Waals surface area contributed by atoms with Gasteiger partial charge in [-0.15, -0.1) is 0 Å². The topological polar surface area (TPSA) is 53.8 Å². The van der Waals surface area contributed by atoms with Gasteiger partial charge in [0.25, 0.3) is 0 Å². The van der Waals surface area contributed by atoms with Crippen LogP contribution in [0.1, 0.15) is 63.7 Å². The summed E-state index contributed by atoms with van der Waals surface area (Å²) in [5.41, 5.74) is 0.839. The summed E-state index contributed by atoms with van der Waals surface area (Å²) in [5, 5.41) is 0. The number of hydrogen-bond donors (Lipinski definition) is 0. The lowest BCUT2D eigenvalue weighted by molar-refractivity contribution is -0.162. The van der Waals surface area contributed by atoms with Crippen molar-refractivity contribution in [3.8, 4) is 0 Å². The first-order valence-corrected chi connectivity index (χ1v) is 12.6. The van der Waals surface area contributed by atoms with E-state index in [1.807, 2.05) is 66.1 Å². The van der Waals surface area contributed by atoms with Crippen LogP contribution in [0.25, 0.3) is 0 Å². The van der Waals surface area contributed by atoms with E-state index in [1.54, 1.807) is 6.26 Å². The van der Waals surface area contributed by atoms with Gasteiger partial charge in [0.2, 0.25) is 11.8 Å². The van der Waals surface area contributed by atoms with Gasteiger partial charge in [0.15, 0.2) is 0 Å². The van der Waals surface area contributed by atoms with Crippen LogP contribution < -0.4 is 0 Å². The van der Waals surface area contributed by atoms with Crippen LogP contribution >= 0.6 is 0 Å². The first kappa shape index (κ1) is 22.2. The molecule has 0 spiro atoms. The minimum absolute atomic E-state index is 0.00311. The predicted octanol–water partition coefficient (Wildman–Crippen LogP) is 5.26. The SMILES string of the molecule is CC(C)N(CC(=O)N(Cc1ccccc1)Cc1ccco1)C(=O)C12CC3CC(CC(C3)C1)C2. The molecule has 0 N–H and O–H groups in total. The van der Waals surface area contributed by atoms with Gasteiger partial charge in [-0.2, -0.15) is 0 Å². The van der Waals surface area contributed by atoms with Crippen LogP contribution in [-0.2, 0) is 22.7 Å². The van der Waals surface area contributed by atoms with Crippen molar-refractivity contribution in [1.82, 2.24) is 9.80 Å². The zero-order valence-electron chi connectivity index (χ0n) is 19.9. The van der Waals surface area contributed by atoms with Gasteiger partial charge in [0.05, 0.1) is 18.2 Å². The number of furan rings is 1. The molecular weight excluding hydrogens is 412 g/mol. The molecule has 1 aromatic carbocycles. The van der Waals surface area contributed by atoms with Crippen molar-refractivity contribution in [2.24, 2.45) is 23.2 Å². The Kier molecular flexibility index (Phi) is 6.07. The Morgan fingerprint density at radius 3 is 2.12 bits per heavy atom. The summed E-state index contributed by atoms with van der Waals surface area (Å²) in [5.74, 6) is 3.07. The summed E-state index contributed by atoms with van der Waals surface area (Å²) >= 11 is 0. The van der Waals surface area contributed by atoms with E-state index in [-0.39, 0.29) is 29.8 Å². The Labute approximate surface area is 197 Å². The Balaban J connectivity index is 1.34. The third-order valence-corrected chi connectivity index (χ3v) is 8.18. The van der Waals surface area contributed by atoms with E-state index in [1.165, 1.54) is 19.3 Å². The van der Waals surface area contributed by atoms with E-state index >= 15 is 0 Å². The lowest BCUT2D eigenvalue weighted by Crippen LogP contribution is -2.57. The maximum absolute atomic E-state index is 14.0. The van der Waals surface area contributed by atoms with Crippen molar-refractivity contribution in [1.29, 1.82) is 0 Å². The van der Waals surface area contributed by atoms with E-state index in [2.05, 4.69) is 0 Å². The molecular formula is C28H36N2O3. The number of benzene rings is 1. The molecule has 0 aliphatic heterocycles. The lowest BCUT2D eigenvalue weighted by atomic mass is 9.49. The van der Waals surface area contributed by atoms with Crippen molar-refractivity contribution in [3.05, 3.63) is 60.1 Å². The minimum Gasteiger partial charge on any atom is -0.467 e. The molecule has 1 aromatic heterocycles. The summed E-state index contributed by atoms with van der Waals surface area (Å²) in [4.78, 5) is 31.3. The zero-order chi connectivity index (χ0) is 23.0. The molecule has 0 radical (unpaired) electrons. The van der Waals surface area contributed by atoms with Gasteiger partial charge in [-0.3, -0.25) is 9.59 Å². The largest absolute Gasteiger partial charge is 0.467 e. The number of amides is 2. The molecule has 1 heterocycles. The second-order valence-electron chi connectivity index (χ2n) is 11.0. The molecule has 4 fully saturated rings. The first-order chi connectivity index (χ1) is 15.9. The average molecular weight is 449 g/mol. The molecule has 0 atom stereocenters. The van der Waals surface area contributed by atoms with Crippen molar-refractivity contribution < 1.29 is 14.0 Å². The molecule has 4 aliphatic rings. The third kappa shape index (κ3) is 4.60. The fourth-order valence-corrected chi connectivity index (χ4v) is 7.04. The van der Waals surface area contributed by atoms with E-state index in [0.717, 1.165) is 30.6 Å². The molecule has 4 aliphatic carbocycles. The van der Waals surface area contributed by atoms with E-state index in [0.29, 0.717) is 30.8 Å². The molecule has 5 nitrogen and oxygen atoms in total. The fraction of sp³-hybridized carbons (Fsp3) is 0.571. The molecule has 2 aromatic rings. The molecule has 5 heteroatoms. The normalized spacial score (nSPS) is 27.7. The maximum atomic E-state index is 14.0. The molecule has 6 rings (SSSR count). The highest BCUT2D eigenvalue weighted by Gasteiger charge is 2.56. The zero-order valence-corrected chi connectivity index (χ0v) is 19.9. The van der Waals surface area contributed by atoms with Gasteiger partial charge in [-0.05, 0) is 87.8 Å². The van der Waals surface area contributed by atoms with Gasteiger partial charge in [0.1, 0.15) is 12.3 Å². The lowest BCUT2D eigenvalue weighted by Gasteiger charge is -2.57. The van der Waals surface area contributed by atoms with Crippen LogP contribution in [0.2, 0.25) is 0 Å². The molecule has 0 unspecified atom stereocenters. The molecule has 4 saturated carbocycles. The van der Waals surface area contributed by atoms with Crippen LogP contribution in [0.5, 0.6) is 0 Å². The number of hydrogen-bond acceptors (Lipinski definition) is 3.